The summed E-state index contributed by atoms with van der Waals surface area (Å²) in [5.41, 5.74) is 0.255. The average molecular weight is 452 g/mol. The summed E-state index contributed by atoms with van der Waals surface area (Å²) in [6, 6.07) is 4.37. The minimum Gasteiger partial charge on any atom is -0.332 e. The molecular formula is C21H27ClFN5OS. The fourth-order valence-electron chi connectivity index (χ4n) is 4.30. The van der Waals surface area contributed by atoms with Gasteiger partial charge in [0.2, 0.25) is 5.91 Å². The predicted molar refractivity (Wildman–Crippen MR) is 116 cm³/mol. The molecule has 0 radical (unpaired) electrons. The lowest BCUT2D eigenvalue weighted by Gasteiger charge is -2.24. The van der Waals surface area contributed by atoms with Gasteiger partial charge in [0.25, 0.3) is 0 Å². The number of aromatic nitrogens is 3. The number of amides is 1. The van der Waals surface area contributed by atoms with Gasteiger partial charge in [-0.25, -0.2) is 4.39 Å². The van der Waals surface area contributed by atoms with Crippen molar-refractivity contribution >= 4 is 29.3 Å². The second-order valence-electron chi connectivity index (χ2n) is 7.92. The number of likely N-dealkylation sites (tertiary alicyclic amines) is 2. The van der Waals surface area contributed by atoms with Gasteiger partial charge in [0.1, 0.15) is 5.82 Å². The van der Waals surface area contributed by atoms with Crippen LogP contribution >= 0.6 is 23.4 Å². The van der Waals surface area contributed by atoms with Gasteiger partial charge in [-0.1, -0.05) is 29.4 Å². The van der Waals surface area contributed by atoms with Gasteiger partial charge in [-0.05, 0) is 50.9 Å². The molecule has 30 heavy (non-hydrogen) atoms. The number of benzene rings is 1. The van der Waals surface area contributed by atoms with E-state index in [0.29, 0.717) is 6.54 Å². The van der Waals surface area contributed by atoms with Crippen LogP contribution in [0.25, 0.3) is 0 Å². The van der Waals surface area contributed by atoms with Gasteiger partial charge in [0.05, 0.1) is 12.5 Å². The molecule has 1 atom stereocenters. The summed E-state index contributed by atoms with van der Waals surface area (Å²) in [5.74, 6) is 1.20. The molecule has 0 unspecified atom stereocenters. The van der Waals surface area contributed by atoms with E-state index in [-0.39, 0.29) is 29.0 Å². The van der Waals surface area contributed by atoms with E-state index < -0.39 is 5.82 Å². The zero-order chi connectivity index (χ0) is 21.1. The summed E-state index contributed by atoms with van der Waals surface area (Å²) < 4.78 is 16.1. The Morgan fingerprint density at radius 3 is 2.80 bits per heavy atom. The van der Waals surface area contributed by atoms with Crippen molar-refractivity contribution in [1.29, 1.82) is 0 Å². The van der Waals surface area contributed by atoms with E-state index in [1.54, 1.807) is 28.8 Å². The van der Waals surface area contributed by atoms with E-state index in [0.717, 1.165) is 36.1 Å². The Bertz CT molecular complexity index is 881. The van der Waals surface area contributed by atoms with Crippen molar-refractivity contribution in [2.45, 2.75) is 43.3 Å². The number of thioether (sulfide) groups is 1. The minimum atomic E-state index is -0.443. The van der Waals surface area contributed by atoms with Crippen LogP contribution in [0.2, 0.25) is 5.02 Å². The van der Waals surface area contributed by atoms with E-state index in [4.69, 9.17) is 11.6 Å². The second kappa shape index (κ2) is 9.66. The van der Waals surface area contributed by atoms with Crippen LogP contribution in [0.1, 0.15) is 43.1 Å². The third kappa shape index (κ3) is 4.65. The molecule has 2 fully saturated rings. The Hall–Kier alpha value is -1.64. The van der Waals surface area contributed by atoms with Crippen LogP contribution in [0.15, 0.2) is 23.4 Å². The maximum atomic E-state index is 14.1. The van der Waals surface area contributed by atoms with Crippen LogP contribution in [0.4, 0.5) is 4.39 Å². The smallest absolute Gasteiger partial charge is 0.227 e. The first-order chi connectivity index (χ1) is 14.5. The van der Waals surface area contributed by atoms with Gasteiger partial charge in [-0.2, -0.15) is 0 Å². The number of nitrogens with zero attached hydrogens (tertiary/aromatic N) is 5. The molecule has 0 spiro atoms. The highest BCUT2D eigenvalue weighted by Crippen LogP contribution is 2.33. The van der Waals surface area contributed by atoms with Crippen molar-refractivity contribution in [1.82, 2.24) is 24.6 Å². The number of carbonyl (C=O) groups is 1. The standard InChI is InChI=1S/C21H27ClFN5OS/c1-26-20(24-25-21(26)30-13-12-27-9-2-3-10-27)18-8-5-11-28(18)19(29)14-15-16(22)6-4-7-17(15)23/h4,6-7,18H,2-3,5,8-14H2,1H3/t18-/m0/s1. The number of rotatable bonds is 7. The van der Waals surface area contributed by atoms with Crippen molar-refractivity contribution in [3.8, 4) is 0 Å². The highest BCUT2D eigenvalue weighted by molar-refractivity contribution is 7.99. The van der Waals surface area contributed by atoms with Crippen LogP contribution < -0.4 is 0 Å². The van der Waals surface area contributed by atoms with Crippen molar-refractivity contribution in [2.24, 2.45) is 7.05 Å². The first kappa shape index (κ1) is 21.6. The monoisotopic (exact) mass is 451 g/mol. The molecule has 4 rings (SSSR count). The summed E-state index contributed by atoms with van der Waals surface area (Å²) in [5, 5.41) is 9.94. The van der Waals surface area contributed by atoms with Gasteiger partial charge in [-0.3, -0.25) is 4.79 Å². The van der Waals surface area contributed by atoms with Crippen LogP contribution in [0, 0.1) is 5.82 Å². The van der Waals surface area contributed by atoms with Crippen LogP contribution in [-0.4, -0.2) is 62.4 Å². The van der Waals surface area contributed by atoms with Crippen molar-refractivity contribution in [2.75, 3.05) is 31.9 Å². The first-order valence-electron chi connectivity index (χ1n) is 10.5. The number of hydrogen-bond acceptors (Lipinski definition) is 5. The number of halogens is 2. The predicted octanol–water partition coefficient (Wildman–Crippen LogP) is 3.70. The third-order valence-electron chi connectivity index (χ3n) is 5.97. The SMILES string of the molecule is Cn1c(SCCN2CCCC2)nnc1[C@@H]1CCCN1C(=O)Cc1c(F)cccc1Cl. The summed E-state index contributed by atoms with van der Waals surface area (Å²) >= 11 is 7.82. The zero-order valence-electron chi connectivity index (χ0n) is 17.2. The highest BCUT2D eigenvalue weighted by atomic mass is 35.5. The van der Waals surface area contributed by atoms with Crippen LogP contribution in [0.5, 0.6) is 0 Å². The Balaban J connectivity index is 1.41. The molecular weight excluding hydrogens is 425 g/mol. The summed E-state index contributed by atoms with van der Waals surface area (Å²) in [7, 11) is 1.96. The molecule has 0 bridgehead atoms. The molecule has 2 saturated heterocycles. The zero-order valence-corrected chi connectivity index (χ0v) is 18.8. The first-order valence-corrected chi connectivity index (χ1v) is 11.9. The molecule has 2 aromatic rings. The lowest BCUT2D eigenvalue weighted by Crippen LogP contribution is -2.33. The molecule has 1 aromatic heterocycles. The topological polar surface area (TPSA) is 54.3 Å². The normalized spacial score (nSPS) is 19.7. The van der Waals surface area contributed by atoms with Gasteiger partial charge < -0.3 is 14.4 Å². The molecule has 1 amide bonds. The van der Waals surface area contributed by atoms with Crippen molar-refractivity contribution in [3.05, 3.63) is 40.4 Å². The summed E-state index contributed by atoms with van der Waals surface area (Å²) in [4.78, 5) is 17.3. The van der Waals surface area contributed by atoms with E-state index >= 15 is 0 Å². The highest BCUT2D eigenvalue weighted by Gasteiger charge is 2.34. The maximum Gasteiger partial charge on any atom is 0.227 e. The number of hydrogen-bond donors (Lipinski definition) is 0. The van der Waals surface area contributed by atoms with Crippen LogP contribution in [0.3, 0.4) is 0 Å². The minimum absolute atomic E-state index is 0.0443. The summed E-state index contributed by atoms with van der Waals surface area (Å²) in [6.07, 6.45) is 4.27. The van der Waals surface area contributed by atoms with Gasteiger partial charge in [-0.15, -0.1) is 10.2 Å². The lowest BCUT2D eigenvalue weighted by molar-refractivity contribution is -0.131. The van der Waals surface area contributed by atoms with E-state index in [9.17, 15) is 9.18 Å². The van der Waals surface area contributed by atoms with E-state index in [1.807, 2.05) is 11.6 Å². The maximum absolute atomic E-state index is 14.1. The fourth-order valence-corrected chi connectivity index (χ4v) is 5.45. The molecule has 2 aliphatic rings. The van der Waals surface area contributed by atoms with Crippen molar-refractivity contribution < 1.29 is 9.18 Å². The molecule has 0 N–H and O–H groups in total. The molecule has 0 aliphatic carbocycles. The molecule has 6 nitrogen and oxygen atoms in total. The fraction of sp³-hybridized carbons (Fsp3) is 0.571. The molecule has 9 heteroatoms. The van der Waals surface area contributed by atoms with Gasteiger partial charge >= 0.3 is 0 Å². The molecule has 2 aliphatic heterocycles. The van der Waals surface area contributed by atoms with E-state index in [2.05, 4.69) is 15.1 Å². The molecule has 3 heterocycles. The quantitative estimate of drug-likeness (QED) is 0.601. The average Bonchev–Trinajstić information content (AvgIpc) is 3.47. The number of carbonyl (C=O) groups excluding carboxylic acids is 1. The second-order valence-corrected chi connectivity index (χ2v) is 9.39. The lowest BCUT2D eigenvalue weighted by atomic mass is 10.1. The Morgan fingerprint density at radius 2 is 2.03 bits per heavy atom. The van der Waals surface area contributed by atoms with E-state index in [1.165, 1.54) is 32.0 Å². The molecule has 0 saturated carbocycles. The van der Waals surface area contributed by atoms with Gasteiger partial charge in [0.15, 0.2) is 11.0 Å². The largest absolute Gasteiger partial charge is 0.332 e. The molecule has 162 valence electrons. The third-order valence-corrected chi connectivity index (χ3v) is 7.32. The van der Waals surface area contributed by atoms with Crippen molar-refractivity contribution in [3.63, 3.8) is 0 Å². The molecule has 1 aromatic carbocycles. The Morgan fingerprint density at radius 1 is 1.23 bits per heavy atom. The Labute approximate surface area is 185 Å². The Kier molecular flexibility index (Phi) is 6.95. The summed E-state index contributed by atoms with van der Waals surface area (Å²) in [6.45, 7) is 4.08. The van der Waals surface area contributed by atoms with Gasteiger partial charge in [0, 0.05) is 36.5 Å². The van der Waals surface area contributed by atoms with Crippen LogP contribution in [-0.2, 0) is 18.3 Å².